The Bertz CT molecular complexity index is 987. The first-order valence-electron chi connectivity index (χ1n) is 7.68. The first kappa shape index (κ1) is 17.7. The summed E-state index contributed by atoms with van der Waals surface area (Å²) in [5.74, 6) is -1.57. The number of halogens is 4. The highest BCUT2D eigenvalue weighted by Crippen LogP contribution is 2.24. The number of nitrogens with one attached hydrogen (secondary N) is 1. The van der Waals surface area contributed by atoms with Crippen LogP contribution in [0.25, 0.3) is 16.8 Å². The molecule has 2 nitrogen and oxygen atoms in total. The normalized spacial score (nSPS) is 11.8. The molecule has 1 N–H and O–H groups in total. The van der Waals surface area contributed by atoms with Gasteiger partial charge in [-0.2, -0.15) is 13.2 Å². The summed E-state index contributed by atoms with van der Waals surface area (Å²) < 4.78 is 50.7. The van der Waals surface area contributed by atoms with Crippen LogP contribution in [0.3, 0.4) is 0 Å². The van der Waals surface area contributed by atoms with Crippen molar-refractivity contribution < 1.29 is 22.4 Å². The van der Waals surface area contributed by atoms with Crippen LogP contribution in [0.15, 0.2) is 66.7 Å². The van der Waals surface area contributed by atoms with E-state index >= 15 is 0 Å². The van der Waals surface area contributed by atoms with Gasteiger partial charge in [0.2, 0.25) is 0 Å². The van der Waals surface area contributed by atoms with Crippen molar-refractivity contribution in [3.05, 3.63) is 83.7 Å². The largest absolute Gasteiger partial charge is 0.409 e. The highest BCUT2D eigenvalue weighted by Gasteiger charge is 2.22. The van der Waals surface area contributed by atoms with Gasteiger partial charge in [0.05, 0.1) is 5.56 Å². The lowest BCUT2D eigenvalue weighted by atomic mass is 10.1. The number of fused-ring (bicyclic) bond motifs is 1. The molecular formula is C20H13F4NO. The summed E-state index contributed by atoms with van der Waals surface area (Å²) in [4.78, 5) is 12.4. The van der Waals surface area contributed by atoms with Gasteiger partial charge in [-0.3, -0.25) is 4.79 Å². The SMILES string of the molecule is O=C(Nc1cccc2ccccc12)c1ccc(/C=C/C(F)(F)F)cc1F. The van der Waals surface area contributed by atoms with Crippen molar-refractivity contribution in [3.63, 3.8) is 0 Å². The van der Waals surface area contributed by atoms with Gasteiger partial charge in [0.1, 0.15) is 5.82 Å². The van der Waals surface area contributed by atoms with Crippen LogP contribution in [0, 0.1) is 5.82 Å². The molecule has 132 valence electrons. The van der Waals surface area contributed by atoms with Gasteiger partial charge in [0, 0.05) is 17.1 Å². The van der Waals surface area contributed by atoms with Crippen LogP contribution in [-0.2, 0) is 0 Å². The van der Waals surface area contributed by atoms with Gasteiger partial charge in [-0.25, -0.2) is 4.39 Å². The van der Waals surface area contributed by atoms with Crippen LogP contribution >= 0.6 is 0 Å². The Kier molecular flexibility index (Phi) is 4.75. The zero-order chi connectivity index (χ0) is 18.7. The molecule has 3 rings (SSSR count). The molecule has 0 bridgehead atoms. The van der Waals surface area contributed by atoms with Crippen molar-refractivity contribution in [2.75, 3.05) is 5.32 Å². The van der Waals surface area contributed by atoms with Crippen molar-refractivity contribution in [3.8, 4) is 0 Å². The van der Waals surface area contributed by atoms with Crippen LogP contribution in [-0.4, -0.2) is 12.1 Å². The Morgan fingerprint density at radius 1 is 0.962 bits per heavy atom. The number of rotatable bonds is 3. The van der Waals surface area contributed by atoms with Crippen molar-refractivity contribution in [2.24, 2.45) is 0 Å². The van der Waals surface area contributed by atoms with Gasteiger partial charge in [0.15, 0.2) is 0 Å². The number of hydrogen-bond donors (Lipinski definition) is 1. The summed E-state index contributed by atoms with van der Waals surface area (Å²) in [5.41, 5.74) is 0.289. The fraction of sp³-hybridized carbons (Fsp3) is 0.0500. The maximum atomic E-state index is 14.2. The zero-order valence-electron chi connectivity index (χ0n) is 13.3. The van der Waals surface area contributed by atoms with E-state index in [0.717, 1.165) is 29.0 Å². The number of anilines is 1. The molecule has 3 aromatic rings. The highest BCUT2D eigenvalue weighted by atomic mass is 19.4. The molecule has 0 spiro atoms. The van der Waals surface area contributed by atoms with E-state index < -0.39 is 17.9 Å². The van der Waals surface area contributed by atoms with Gasteiger partial charge in [-0.1, -0.05) is 42.5 Å². The van der Waals surface area contributed by atoms with Crippen molar-refractivity contribution >= 4 is 28.4 Å². The molecule has 0 unspecified atom stereocenters. The molecule has 0 aromatic heterocycles. The van der Waals surface area contributed by atoms with E-state index in [1.165, 1.54) is 6.07 Å². The second-order valence-corrected chi connectivity index (χ2v) is 5.60. The van der Waals surface area contributed by atoms with Gasteiger partial charge in [-0.15, -0.1) is 0 Å². The minimum absolute atomic E-state index is 0.0115. The Hall–Kier alpha value is -3.15. The fourth-order valence-corrected chi connectivity index (χ4v) is 2.53. The monoisotopic (exact) mass is 359 g/mol. The van der Waals surface area contributed by atoms with Gasteiger partial charge in [-0.05, 0) is 35.2 Å². The molecule has 0 aliphatic carbocycles. The molecule has 1 amide bonds. The quantitative estimate of drug-likeness (QED) is 0.588. The maximum absolute atomic E-state index is 14.2. The maximum Gasteiger partial charge on any atom is 0.409 e. The minimum Gasteiger partial charge on any atom is -0.321 e. The van der Waals surface area contributed by atoms with Crippen LogP contribution in [0.5, 0.6) is 0 Å². The van der Waals surface area contributed by atoms with E-state index in [4.69, 9.17) is 0 Å². The smallest absolute Gasteiger partial charge is 0.321 e. The van der Waals surface area contributed by atoms with Crippen molar-refractivity contribution in [2.45, 2.75) is 6.18 Å². The Morgan fingerprint density at radius 3 is 2.42 bits per heavy atom. The van der Waals surface area contributed by atoms with Gasteiger partial charge in [0.25, 0.3) is 5.91 Å². The standard InChI is InChI=1S/C20H13F4NO/c21-17-12-13(10-11-20(22,23)24)8-9-16(17)19(26)25-18-7-3-5-14-4-1-2-6-15(14)18/h1-12H,(H,25,26)/b11-10+. The lowest BCUT2D eigenvalue weighted by Crippen LogP contribution is -2.14. The summed E-state index contributed by atoms with van der Waals surface area (Å²) in [6.07, 6.45) is -3.73. The number of benzene rings is 3. The molecule has 3 aromatic carbocycles. The molecular weight excluding hydrogens is 346 g/mol. The fourth-order valence-electron chi connectivity index (χ4n) is 2.53. The van der Waals surface area contributed by atoms with Gasteiger partial charge < -0.3 is 5.32 Å². The highest BCUT2D eigenvalue weighted by molar-refractivity contribution is 6.09. The number of alkyl halides is 3. The Labute approximate surface area is 146 Å². The third-order valence-electron chi connectivity index (χ3n) is 3.74. The number of allylic oxidation sites excluding steroid dienone is 1. The molecule has 0 saturated heterocycles. The predicted octanol–water partition coefficient (Wildman–Crippen LogP) is 5.81. The van der Waals surface area contributed by atoms with E-state index in [2.05, 4.69) is 5.32 Å². The van der Waals surface area contributed by atoms with E-state index in [1.54, 1.807) is 12.1 Å². The molecule has 6 heteroatoms. The summed E-state index contributed by atoms with van der Waals surface area (Å²) in [5, 5.41) is 4.36. The summed E-state index contributed by atoms with van der Waals surface area (Å²) in [7, 11) is 0. The number of carbonyl (C=O) groups is 1. The molecule has 0 aliphatic heterocycles. The van der Waals surface area contributed by atoms with Crippen LogP contribution in [0.4, 0.5) is 23.2 Å². The molecule has 0 heterocycles. The van der Waals surface area contributed by atoms with Crippen molar-refractivity contribution in [1.82, 2.24) is 0 Å². The average molecular weight is 359 g/mol. The second kappa shape index (κ2) is 7.00. The van der Waals surface area contributed by atoms with Crippen molar-refractivity contribution in [1.29, 1.82) is 0 Å². The molecule has 0 fully saturated rings. The first-order chi connectivity index (χ1) is 12.3. The molecule has 0 aliphatic rings. The molecule has 0 saturated carbocycles. The third-order valence-corrected chi connectivity index (χ3v) is 3.74. The predicted molar refractivity (Wildman–Crippen MR) is 93.4 cm³/mol. The zero-order valence-corrected chi connectivity index (χ0v) is 13.3. The first-order valence-corrected chi connectivity index (χ1v) is 7.68. The lowest BCUT2D eigenvalue weighted by Gasteiger charge is -2.10. The van der Waals surface area contributed by atoms with E-state index in [-0.39, 0.29) is 17.2 Å². The Balaban J connectivity index is 1.85. The summed E-state index contributed by atoms with van der Waals surface area (Å²) >= 11 is 0. The minimum atomic E-state index is -4.49. The third kappa shape index (κ3) is 4.08. The van der Waals surface area contributed by atoms with Crippen LogP contribution in [0.1, 0.15) is 15.9 Å². The van der Waals surface area contributed by atoms with Crippen LogP contribution < -0.4 is 5.32 Å². The topological polar surface area (TPSA) is 29.1 Å². The van der Waals surface area contributed by atoms with Crippen LogP contribution in [0.2, 0.25) is 0 Å². The lowest BCUT2D eigenvalue weighted by molar-refractivity contribution is -0.0790. The van der Waals surface area contributed by atoms with E-state index in [0.29, 0.717) is 5.69 Å². The molecule has 0 atom stereocenters. The second-order valence-electron chi connectivity index (χ2n) is 5.60. The van der Waals surface area contributed by atoms with E-state index in [9.17, 15) is 22.4 Å². The number of hydrogen-bond acceptors (Lipinski definition) is 1. The van der Waals surface area contributed by atoms with E-state index in [1.807, 2.05) is 30.3 Å². The average Bonchev–Trinajstić information content (AvgIpc) is 2.59. The van der Waals surface area contributed by atoms with Gasteiger partial charge >= 0.3 is 6.18 Å². The summed E-state index contributed by atoms with van der Waals surface area (Å²) in [6.45, 7) is 0. The molecule has 0 radical (unpaired) electrons. The molecule has 26 heavy (non-hydrogen) atoms. The number of amides is 1. The number of carbonyl (C=O) groups excluding carboxylic acids is 1. The Morgan fingerprint density at radius 2 is 1.69 bits per heavy atom. The summed E-state index contributed by atoms with van der Waals surface area (Å²) in [6, 6.07) is 16.0.